The second kappa shape index (κ2) is 7.86. The second-order valence-corrected chi connectivity index (χ2v) is 8.35. The topological polar surface area (TPSA) is 69.6 Å². The summed E-state index contributed by atoms with van der Waals surface area (Å²) in [7, 11) is 0. The highest BCUT2D eigenvalue weighted by molar-refractivity contribution is 8.26. The highest BCUT2D eigenvalue weighted by atomic mass is 32.2. The van der Waals surface area contributed by atoms with Crippen molar-refractivity contribution in [2.75, 3.05) is 18.1 Å². The van der Waals surface area contributed by atoms with Gasteiger partial charge < -0.3 is 10.4 Å². The fourth-order valence-corrected chi connectivity index (χ4v) is 4.85. The molecule has 2 fully saturated rings. The maximum atomic E-state index is 13.0. The van der Waals surface area contributed by atoms with Gasteiger partial charge in [0, 0.05) is 11.5 Å². The molecule has 9 heteroatoms. The monoisotopic (exact) mass is 398 g/mol. The van der Waals surface area contributed by atoms with E-state index in [-0.39, 0.29) is 30.2 Å². The zero-order valence-corrected chi connectivity index (χ0v) is 15.4. The number of carbonyl (C=O) groups excluding carboxylic acids is 2. The van der Waals surface area contributed by atoms with Gasteiger partial charge in [0.15, 0.2) is 0 Å². The minimum Gasteiger partial charge on any atom is -0.390 e. The number of aliphatic hydroxyl groups is 1. The summed E-state index contributed by atoms with van der Waals surface area (Å²) in [6.07, 6.45) is 1.05. The van der Waals surface area contributed by atoms with E-state index < -0.39 is 6.10 Å². The lowest BCUT2D eigenvalue weighted by Gasteiger charge is -2.18. The van der Waals surface area contributed by atoms with E-state index in [2.05, 4.69) is 5.32 Å². The van der Waals surface area contributed by atoms with Crippen LogP contribution >= 0.6 is 35.7 Å². The lowest BCUT2D eigenvalue weighted by molar-refractivity contribution is -0.129. The third-order valence-corrected chi connectivity index (χ3v) is 6.29. The summed E-state index contributed by atoms with van der Waals surface area (Å²) in [6, 6.07) is 5.45. The molecule has 0 saturated carbocycles. The zero-order valence-electron chi connectivity index (χ0n) is 13.0. The number of thioether (sulfide) groups is 2. The average molecular weight is 399 g/mol. The fraction of sp³-hybridized carbons (Fsp3) is 0.312. The van der Waals surface area contributed by atoms with Crippen molar-refractivity contribution in [3.63, 3.8) is 0 Å². The molecule has 2 heterocycles. The van der Waals surface area contributed by atoms with Crippen LogP contribution in [-0.2, 0) is 9.59 Å². The number of rotatable bonds is 4. The molecular formula is C16H15FN2O3S3. The van der Waals surface area contributed by atoms with Gasteiger partial charge in [-0.05, 0) is 23.8 Å². The van der Waals surface area contributed by atoms with Crippen LogP contribution in [0.2, 0.25) is 0 Å². The van der Waals surface area contributed by atoms with Crippen LogP contribution in [0.4, 0.5) is 4.39 Å². The summed E-state index contributed by atoms with van der Waals surface area (Å²) in [4.78, 5) is 26.2. The number of halogens is 1. The number of nitrogens with one attached hydrogen (secondary N) is 1. The highest BCUT2D eigenvalue weighted by Gasteiger charge is 2.34. The first-order valence-electron chi connectivity index (χ1n) is 7.50. The first-order chi connectivity index (χ1) is 11.9. The summed E-state index contributed by atoms with van der Waals surface area (Å²) in [5.74, 6) is 0.178. The van der Waals surface area contributed by atoms with Crippen LogP contribution in [0.25, 0.3) is 6.08 Å². The fourth-order valence-electron chi connectivity index (χ4n) is 2.42. The van der Waals surface area contributed by atoms with E-state index in [1.807, 2.05) is 0 Å². The standard InChI is InChI=1S/C16H15FN2O3S3/c17-10-3-1-9(2-4-10)5-13-15(22)19(16(23)25-13)6-14(21)18-11-7-24-8-12(11)20/h1-5,11-12,20H,6-8H2,(H,18,21)/b13-5-/t11-,12-/m0/s1. The van der Waals surface area contributed by atoms with Crippen molar-refractivity contribution in [2.45, 2.75) is 12.1 Å². The third kappa shape index (κ3) is 4.41. The summed E-state index contributed by atoms with van der Waals surface area (Å²) >= 11 is 7.87. The Morgan fingerprint density at radius 1 is 1.40 bits per heavy atom. The molecule has 2 aliphatic heterocycles. The van der Waals surface area contributed by atoms with Gasteiger partial charge in [0.25, 0.3) is 5.91 Å². The third-order valence-electron chi connectivity index (χ3n) is 3.74. The van der Waals surface area contributed by atoms with Crippen molar-refractivity contribution >= 4 is 58.0 Å². The van der Waals surface area contributed by atoms with Crippen molar-refractivity contribution < 1.29 is 19.1 Å². The minimum absolute atomic E-state index is 0.181. The van der Waals surface area contributed by atoms with E-state index in [0.29, 0.717) is 26.3 Å². The summed E-state index contributed by atoms with van der Waals surface area (Å²) in [5.41, 5.74) is 0.678. The van der Waals surface area contributed by atoms with E-state index in [0.717, 1.165) is 11.8 Å². The van der Waals surface area contributed by atoms with E-state index >= 15 is 0 Å². The summed E-state index contributed by atoms with van der Waals surface area (Å²) < 4.78 is 13.3. The van der Waals surface area contributed by atoms with Crippen molar-refractivity contribution in [1.29, 1.82) is 0 Å². The molecular weight excluding hydrogens is 383 g/mol. The molecule has 5 nitrogen and oxygen atoms in total. The summed E-state index contributed by atoms with van der Waals surface area (Å²) in [6.45, 7) is -0.181. The second-order valence-electron chi connectivity index (χ2n) is 5.60. The molecule has 3 rings (SSSR count). The Hall–Kier alpha value is -1.42. The molecule has 0 spiro atoms. The van der Waals surface area contributed by atoms with Crippen LogP contribution in [-0.4, -0.2) is 56.3 Å². The summed E-state index contributed by atoms with van der Waals surface area (Å²) in [5, 5.41) is 12.5. The van der Waals surface area contributed by atoms with E-state index in [1.54, 1.807) is 30.0 Å². The Labute approximate surface area is 158 Å². The molecule has 0 aliphatic carbocycles. The van der Waals surface area contributed by atoms with E-state index in [4.69, 9.17) is 12.2 Å². The van der Waals surface area contributed by atoms with Gasteiger partial charge >= 0.3 is 0 Å². The van der Waals surface area contributed by atoms with Crippen LogP contribution in [0, 0.1) is 5.82 Å². The highest BCUT2D eigenvalue weighted by Crippen LogP contribution is 2.32. The zero-order chi connectivity index (χ0) is 18.0. The normalized spacial score (nSPS) is 25.0. The lowest BCUT2D eigenvalue weighted by Crippen LogP contribution is -2.47. The smallest absolute Gasteiger partial charge is 0.266 e. The van der Waals surface area contributed by atoms with Gasteiger partial charge in [0.2, 0.25) is 5.91 Å². The number of amides is 2. The number of hydrogen-bond donors (Lipinski definition) is 2. The van der Waals surface area contributed by atoms with Crippen LogP contribution < -0.4 is 5.32 Å². The predicted octanol–water partition coefficient (Wildman–Crippen LogP) is 1.62. The molecule has 0 aromatic heterocycles. The van der Waals surface area contributed by atoms with Gasteiger partial charge in [-0.1, -0.05) is 36.1 Å². The van der Waals surface area contributed by atoms with E-state index in [9.17, 15) is 19.1 Å². The largest absolute Gasteiger partial charge is 0.390 e. The number of carbonyl (C=O) groups is 2. The molecule has 2 saturated heterocycles. The number of thiocarbonyl (C=S) groups is 1. The average Bonchev–Trinajstić information content (AvgIpc) is 3.08. The molecule has 1 aromatic carbocycles. The number of nitrogens with zero attached hydrogens (tertiary/aromatic N) is 1. The maximum Gasteiger partial charge on any atom is 0.266 e. The molecule has 25 heavy (non-hydrogen) atoms. The van der Waals surface area contributed by atoms with Crippen molar-refractivity contribution in [2.24, 2.45) is 0 Å². The maximum absolute atomic E-state index is 13.0. The van der Waals surface area contributed by atoms with Gasteiger partial charge in [-0.15, -0.1) is 0 Å². The van der Waals surface area contributed by atoms with Gasteiger partial charge in [-0.2, -0.15) is 11.8 Å². The van der Waals surface area contributed by atoms with Gasteiger partial charge in [0.1, 0.15) is 16.7 Å². The van der Waals surface area contributed by atoms with E-state index in [1.165, 1.54) is 17.0 Å². The van der Waals surface area contributed by atoms with Gasteiger partial charge in [0.05, 0.1) is 17.1 Å². The molecule has 2 atom stereocenters. The SMILES string of the molecule is O=C(CN1C(=O)/C(=C/c2ccc(F)cc2)SC1=S)N[C@H]1CSC[C@@H]1O. The molecule has 2 amide bonds. The van der Waals surface area contributed by atoms with Crippen LogP contribution in [0.3, 0.4) is 0 Å². The minimum atomic E-state index is -0.571. The molecule has 132 valence electrons. The Morgan fingerprint density at radius 2 is 2.12 bits per heavy atom. The number of aliphatic hydroxyl groups excluding tert-OH is 1. The number of hydrogen-bond acceptors (Lipinski definition) is 6. The molecule has 2 aliphatic rings. The first kappa shape index (κ1) is 18.4. The predicted molar refractivity (Wildman–Crippen MR) is 102 cm³/mol. The Kier molecular flexibility index (Phi) is 5.78. The van der Waals surface area contributed by atoms with Gasteiger partial charge in [-0.25, -0.2) is 4.39 Å². The quantitative estimate of drug-likeness (QED) is 0.593. The van der Waals surface area contributed by atoms with Crippen LogP contribution in [0.5, 0.6) is 0 Å². The van der Waals surface area contributed by atoms with Crippen LogP contribution in [0.1, 0.15) is 5.56 Å². The lowest BCUT2D eigenvalue weighted by atomic mass is 10.2. The molecule has 1 aromatic rings. The molecule has 0 radical (unpaired) electrons. The Bertz CT molecular complexity index is 739. The van der Waals surface area contributed by atoms with Crippen molar-refractivity contribution in [3.8, 4) is 0 Å². The van der Waals surface area contributed by atoms with Gasteiger partial charge in [-0.3, -0.25) is 14.5 Å². The Balaban J connectivity index is 1.64. The molecule has 2 N–H and O–H groups in total. The Morgan fingerprint density at radius 3 is 2.76 bits per heavy atom. The number of benzene rings is 1. The van der Waals surface area contributed by atoms with Crippen LogP contribution in [0.15, 0.2) is 29.2 Å². The van der Waals surface area contributed by atoms with Crippen molar-refractivity contribution in [1.82, 2.24) is 10.2 Å². The first-order valence-corrected chi connectivity index (χ1v) is 9.88. The molecule has 0 unspecified atom stereocenters. The van der Waals surface area contributed by atoms with Crippen molar-refractivity contribution in [3.05, 3.63) is 40.6 Å². The molecule has 0 bridgehead atoms.